The minimum absolute atomic E-state index is 0.0617. The zero-order valence-corrected chi connectivity index (χ0v) is 19.1. The Morgan fingerprint density at radius 3 is 2.23 bits per heavy atom. The van der Waals surface area contributed by atoms with Crippen LogP contribution in [-0.4, -0.2) is 15.5 Å². The molecule has 0 aliphatic carbocycles. The van der Waals surface area contributed by atoms with Crippen LogP contribution in [0.15, 0.2) is 59.5 Å². The second-order valence-electron chi connectivity index (χ2n) is 6.35. The van der Waals surface area contributed by atoms with Gasteiger partial charge in [-0.25, -0.2) is 12.7 Å². The smallest absolute Gasteiger partial charge is 0.269 e. The van der Waals surface area contributed by atoms with Gasteiger partial charge in [-0.2, -0.15) is 0 Å². The third-order valence-electron chi connectivity index (χ3n) is 4.52. The van der Waals surface area contributed by atoms with E-state index in [1.807, 2.05) is 0 Å². The van der Waals surface area contributed by atoms with Gasteiger partial charge in [0.05, 0.1) is 27.9 Å². The highest BCUT2D eigenvalue weighted by Gasteiger charge is 2.42. The number of nitrogens with zero attached hydrogens (tertiary/aromatic N) is 1. The number of ether oxygens (including phenoxy) is 2. The Labute approximate surface area is 193 Å². The second-order valence-corrected chi connectivity index (χ2v) is 9.79. The monoisotopic (exact) mass is 503 g/mol. The number of benzene rings is 3. The van der Waals surface area contributed by atoms with Gasteiger partial charge >= 0.3 is 0 Å². The molecule has 10 heteroatoms. The van der Waals surface area contributed by atoms with Crippen molar-refractivity contribution in [3.63, 3.8) is 0 Å². The average Bonchev–Trinajstić information content (AvgIpc) is 3.10. The molecular formula is C20H13Cl4NO4S. The van der Waals surface area contributed by atoms with Gasteiger partial charge in [0, 0.05) is 10.6 Å². The van der Waals surface area contributed by atoms with E-state index in [1.165, 1.54) is 18.2 Å². The fourth-order valence-corrected chi connectivity index (χ4v) is 5.77. The van der Waals surface area contributed by atoms with Gasteiger partial charge < -0.3 is 9.47 Å². The lowest BCUT2D eigenvalue weighted by Crippen LogP contribution is -2.34. The van der Waals surface area contributed by atoms with Crippen molar-refractivity contribution >= 4 is 62.1 Å². The quantitative estimate of drug-likeness (QED) is 0.376. The SMILES string of the molecule is COc1ccc(C2Oc3ccc(Cl)cc3N2S(=O)(=O)c2cc(Cl)c(Cl)cc2Cl)cc1. The Morgan fingerprint density at radius 2 is 1.57 bits per heavy atom. The zero-order valence-electron chi connectivity index (χ0n) is 15.3. The molecule has 1 heterocycles. The first kappa shape index (κ1) is 21.4. The van der Waals surface area contributed by atoms with Crippen LogP contribution in [0.5, 0.6) is 11.5 Å². The third kappa shape index (κ3) is 3.67. The van der Waals surface area contributed by atoms with Crippen molar-refractivity contribution in [2.24, 2.45) is 0 Å². The Kier molecular flexibility index (Phi) is 5.72. The van der Waals surface area contributed by atoms with Crippen LogP contribution in [0.3, 0.4) is 0 Å². The zero-order chi connectivity index (χ0) is 21.6. The summed E-state index contributed by atoms with van der Waals surface area (Å²) in [6.07, 6.45) is -0.986. The molecular weight excluding hydrogens is 492 g/mol. The number of rotatable bonds is 4. The fraction of sp³-hybridized carbons (Fsp3) is 0.100. The van der Waals surface area contributed by atoms with Gasteiger partial charge in [0.1, 0.15) is 16.4 Å². The molecule has 0 N–H and O–H groups in total. The Morgan fingerprint density at radius 1 is 0.900 bits per heavy atom. The Balaban J connectivity index is 1.90. The van der Waals surface area contributed by atoms with Crippen LogP contribution in [-0.2, 0) is 10.0 Å². The van der Waals surface area contributed by atoms with E-state index < -0.39 is 16.3 Å². The molecule has 0 bridgehead atoms. The van der Waals surface area contributed by atoms with Crippen molar-refractivity contribution in [2.75, 3.05) is 11.4 Å². The summed E-state index contributed by atoms with van der Waals surface area (Å²) in [5.74, 6) is 0.985. The summed E-state index contributed by atoms with van der Waals surface area (Å²) in [6, 6.07) is 14.1. The molecule has 30 heavy (non-hydrogen) atoms. The highest BCUT2D eigenvalue weighted by atomic mass is 35.5. The third-order valence-corrected chi connectivity index (χ3v) is 7.70. The number of fused-ring (bicyclic) bond motifs is 1. The van der Waals surface area contributed by atoms with Crippen LogP contribution in [0.2, 0.25) is 20.1 Å². The lowest BCUT2D eigenvalue weighted by atomic mass is 10.2. The minimum Gasteiger partial charge on any atom is -0.497 e. The molecule has 0 saturated heterocycles. The summed E-state index contributed by atoms with van der Waals surface area (Å²) in [4.78, 5) is -0.200. The van der Waals surface area contributed by atoms with E-state index in [9.17, 15) is 8.42 Å². The highest BCUT2D eigenvalue weighted by Crippen LogP contribution is 2.48. The molecule has 0 spiro atoms. The van der Waals surface area contributed by atoms with E-state index in [1.54, 1.807) is 43.5 Å². The Hall–Kier alpha value is -1.83. The van der Waals surface area contributed by atoms with E-state index in [2.05, 4.69) is 0 Å². The molecule has 3 aromatic carbocycles. The van der Waals surface area contributed by atoms with Crippen LogP contribution in [0.1, 0.15) is 11.8 Å². The number of anilines is 1. The van der Waals surface area contributed by atoms with E-state index in [-0.39, 0.29) is 25.7 Å². The molecule has 0 radical (unpaired) electrons. The van der Waals surface area contributed by atoms with Crippen molar-refractivity contribution in [3.05, 3.63) is 80.3 Å². The molecule has 0 amide bonds. The number of sulfonamides is 1. The summed E-state index contributed by atoms with van der Waals surface area (Å²) in [5.41, 5.74) is 0.869. The number of hydrogen-bond donors (Lipinski definition) is 0. The van der Waals surface area contributed by atoms with Gasteiger partial charge in [-0.3, -0.25) is 0 Å². The standard InChI is InChI=1S/C20H13Cl4NO4S/c1-28-13-5-2-11(3-6-13)20-25(17-8-12(21)4-7-18(17)29-20)30(26,27)19-10-15(23)14(22)9-16(19)24/h2-10,20H,1H3. The Bertz CT molecular complexity index is 1230. The summed E-state index contributed by atoms with van der Waals surface area (Å²) < 4.78 is 39.7. The van der Waals surface area contributed by atoms with E-state index >= 15 is 0 Å². The summed E-state index contributed by atoms with van der Waals surface area (Å²) >= 11 is 24.4. The molecule has 1 aliphatic rings. The highest BCUT2D eigenvalue weighted by molar-refractivity contribution is 7.93. The molecule has 4 rings (SSSR count). The molecule has 0 saturated carbocycles. The molecule has 3 aromatic rings. The van der Waals surface area contributed by atoms with E-state index in [0.717, 1.165) is 4.31 Å². The van der Waals surface area contributed by atoms with Crippen LogP contribution < -0.4 is 13.8 Å². The topological polar surface area (TPSA) is 55.8 Å². The summed E-state index contributed by atoms with van der Waals surface area (Å²) in [5, 5.41) is 0.502. The summed E-state index contributed by atoms with van der Waals surface area (Å²) in [6.45, 7) is 0. The predicted octanol–water partition coefficient (Wildman–Crippen LogP) is 6.60. The second kappa shape index (κ2) is 8.02. The van der Waals surface area contributed by atoms with Crippen LogP contribution in [0.4, 0.5) is 5.69 Å². The largest absolute Gasteiger partial charge is 0.497 e. The van der Waals surface area contributed by atoms with Crippen LogP contribution in [0.25, 0.3) is 0 Å². The normalized spacial score (nSPS) is 15.6. The van der Waals surface area contributed by atoms with Crippen molar-refractivity contribution in [1.29, 1.82) is 0 Å². The predicted molar refractivity (Wildman–Crippen MR) is 119 cm³/mol. The van der Waals surface area contributed by atoms with Gasteiger partial charge in [-0.15, -0.1) is 0 Å². The van der Waals surface area contributed by atoms with E-state index in [0.29, 0.717) is 22.1 Å². The minimum atomic E-state index is -4.21. The number of methoxy groups -OCH3 is 1. The molecule has 1 aliphatic heterocycles. The molecule has 0 fully saturated rings. The maximum Gasteiger partial charge on any atom is 0.269 e. The molecule has 156 valence electrons. The van der Waals surface area contributed by atoms with Crippen molar-refractivity contribution in [2.45, 2.75) is 11.1 Å². The summed E-state index contributed by atoms with van der Waals surface area (Å²) in [7, 11) is -2.66. The van der Waals surface area contributed by atoms with Gasteiger partial charge in [-0.1, -0.05) is 46.4 Å². The number of hydrogen-bond acceptors (Lipinski definition) is 4. The van der Waals surface area contributed by atoms with Crippen LogP contribution in [0, 0.1) is 0 Å². The van der Waals surface area contributed by atoms with Crippen molar-refractivity contribution in [1.82, 2.24) is 0 Å². The van der Waals surface area contributed by atoms with Crippen molar-refractivity contribution in [3.8, 4) is 11.5 Å². The van der Waals surface area contributed by atoms with Crippen molar-refractivity contribution < 1.29 is 17.9 Å². The first-order chi connectivity index (χ1) is 14.2. The van der Waals surface area contributed by atoms with Gasteiger partial charge in [-0.05, 0) is 54.6 Å². The van der Waals surface area contributed by atoms with Gasteiger partial charge in [0.2, 0.25) is 6.23 Å². The first-order valence-corrected chi connectivity index (χ1v) is 11.5. The molecule has 1 atom stereocenters. The number of halogens is 4. The molecule has 1 unspecified atom stereocenters. The van der Waals surface area contributed by atoms with Gasteiger partial charge in [0.25, 0.3) is 10.0 Å². The van der Waals surface area contributed by atoms with Crippen LogP contribution >= 0.6 is 46.4 Å². The molecule has 5 nitrogen and oxygen atoms in total. The maximum atomic E-state index is 13.7. The average molecular weight is 505 g/mol. The lowest BCUT2D eigenvalue weighted by molar-refractivity contribution is 0.244. The van der Waals surface area contributed by atoms with Gasteiger partial charge in [0.15, 0.2) is 0 Å². The lowest BCUT2D eigenvalue weighted by Gasteiger charge is -2.26. The maximum absolute atomic E-state index is 13.7. The molecule has 0 aromatic heterocycles. The first-order valence-electron chi connectivity index (χ1n) is 8.51. The van der Waals surface area contributed by atoms with E-state index in [4.69, 9.17) is 55.9 Å². The fourth-order valence-electron chi connectivity index (χ4n) is 3.09.